The number of carbonyl (C=O) groups is 3. The highest BCUT2D eigenvalue weighted by Crippen LogP contribution is 2.22. The number of urea groups is 1. The first kappa shape index (κ1) is 21.2. The zero-order chi connectivity index (χ0) is 21.7. The zero-order valence-corrected chi connectivity index (χ0v) is 16.5. The third-order valence-corrected chi connectivity index (χ3v) is 4.79. The second-order valence-corrected chi connectivity index (χ2v) is 7.00. The number of hydrogen-bond acceptors (Lipinski definition) is 3. The quantitative estimate of drug-likeness (QED) is 0.598. The van der Waals surface area contributed by atoms with Gasteiger partial charge in [0.25, 0.3) is 5.91 Å². The first-order valence-electron chi connectivity index (χ1n) is 9.69. The molecule has 1 aliphatic rings. The Morgan fingerprint density at radius 2 is 2.07 bits per heavy atom. The maximum absolute atomic E-state index is 13.6. The Bertz CT molecular complexity index is 945. The number of hydrogen-bond donors (Lipinski definition) is 4. The molecule has 0 bridgehead atoms. The number of piperidine rings is 1. The van der Waals surface area contributed by atoms with Gasteiger partial charge in [-0.25, -0.2) is 14.0 Å². The van der Waals surface area contributed by atoms with Gasteiger partial charge in [-0.15, -0.1) is 0 Å². The molecule has 0 spiro atoms. The Balaban J connectivity index is 1.84. The summed E-state index contributed by atoms with van der Waals surface area (Å²) < 4.78 is 15.2. The lowest BCUT2D eigenvalue weighted by Gasteiger charge is -2.31. The standard InChI is InChI=1S/C20H24FN5O4/c1-2-22-19(28)24-17-12-26(15-7-3-5-13(21)9-15)11-16(17)18(27)23-14-6-4-8-25(10-14)20(29)30/h3,5,7,9,11-12,14H,2,4,6,8,10H2,1H3,(H,23,27)(H,29,30)(H2,22,24,28). The average Bonchev–Trinajstić information content (AvgIpc) is 3.12. The molecule has 2 heterocycles. The van der Waals surface area contributed by atoms with Gasteiger partial charge >= 0.3 is 12.1 Å². The maximum atomic E-state index is 13.6. The number of carbonyl (C=O) groups excluding carboxylic acids is 2. The van der Waals surface area contributed by atoms with Gasteiger partial charge in [-0.05, 0) is 38.0 Å². The van der Waals surface area contributed by atoms with Crippen LogP contribution in [0.5, 0.6) is 0 Å². The molecule has 4 N–H and O–H groups in total. The highest BCUT2D eigenvalue weighted by molar-refractivity contribution is 6.03. The molecule has 3 rings (SSSR count). The summed E-state index contributed by atoms with van der Waals surface area (Å²) in [5.41, 5.74) is 0.939. The van der Waals surface area contributed by atoms with Crippen molar-refractivity contribution in [3.8, 4) is 5.69 Å². The second-order valence-electron chi connectivity index (χ2n) is 7.00. The van der Waals surface area contributed by atoms with Gasteiger partial charge in [0.2, 0.25) is 0 Å². The normalized spacial score (nSPS) is 16.1. The molecule has 4 amide bonds. The topological polar surface area (TPSA) is 116 Å². The summed E-state index contributed by atoms with van der Waals surface area (Å²) in [6.45, 7) is 2.81. The van der Waals surface area contributed by atoms with Gasteiger partial charge in [0, 0.05) is 43.8 Å². The number of nitrogens with one attached hydrogen (secondary N) is 3. The highest BCUT2D eigenvalue weighted by Gasteiger charge is 2.26. The lowest BCUT2D eigenvalue weighted by Crippen LogP contribution is -2.49. The minimum Gasteiger partial charge on any atom is -0.465 e. The molecule has 2 aromatic rings. The van der Waals surface area contributed by atoms with Gasteiger partial charge in [0.1, 0.15) is 5.82 Å². The number of anilines is 1. The van der Waals surface area contributed by atoms with Crippen LogP contribution in [0.1, 0.15) is 30.1 Å². The van der Waals surface area contributed by atoms with Crippen LogP contribution in [0.25, 0.3) is 5.69 Å². The molecule has 0 saturated carbocycles. The van der Waals surface area contributed by atoms with Crippen LogP contribution in [-0.4, -0.2) is 58.3 Å². The van der Waals surface area contributed by atoms with Crippen molar-refractivity contribution in [3.05, 3.63) is 48.0 Å². The zero-order valence-electron chi connectivity index (χ0n) is 16.5. The maximum Gasteiger partial charge on any atom is 0.407 e. The SMILES string of the molecule is CCNC(=O)Nc1cn(-c2cccc(F)c2)cc1C(=O)NC1CCCN(C(=O)O)C1. The van der Waals surface area contributed by atoms with E-state index < -0.39 is 23.8 Å². The summed E-state index contributed by atoms with van der Waals surface area (Å²) in [7, 11) is 0. The molecule has 0 radical (unpaired) electrons. The van der Waals surface area contributed by atoms with E-state index >= 15 is 0 Å². The van der Waals surface area contributed by atoms with E-state index in [1.54, 1.807) is 23.6 Å². The number of rotatable bonds is 5. The fourth-order valence-electron chi connectivity index (χ4n) is 3.38. The van der Waals surface area contributed by atoms with Crippen LogP contribution in [0.15, 0.2) is 36.7 Å². The Hall–Kier alpha value is -3.56. The average molecular weight is 417 g/mol. The molecule has 0 aliphatic carbocycles. The molecule has 1 fully saturated rings. The summed E-state index contributed by atoms with van der Waals surface area (Å²) in [5.74, 6) is -0.879. The number of amides is 4. The Labute approximate surface area is 172 Å². The monoisotopic (exact) mass is 417 g/mol. The van der Waals surface area contributed by atoms with Gasteiger partial charge in [-0.1, -0.05) is 6.07 Å². The van der Waals surface area contributed by atoms with Crippen LogP contribution in [0.4, 0.5) is 19.7 Å². The van der Waals surface area contributed by atoms with Crippen molar-refractivity contribution in [1.29, 1.82) is 0 Å². The van der Waals surface area contributed by atoms with Crippen LogP contribution in [-0.2, 0) is 0 Å². The predicted octanol–water partition coefficient (Wildman–Crippen LogP) is 2.63. The van der Waals surface area contributed by atoms with E-state index in [0.717, 1.165) is 0 Å². The van der Waals surface area contributed by atoms with Crippen molar-refractivity contribution < 1.29 is 23.9 Å². The van der Waals surface area contributed by atoms with Crippen LogP contribution in [0, 0.1) is 5.82 Å². The molecular formula is C20H24FN5O4. The number of likely N-dealkylation sites (tertiary alicyclic amines) is 1. The van der Waals surface area contributed by atoms with Crippen molar-refractivity contribution in [2.75, 3.05) is 25.0 Å². The number of carboxylic acid groups (broad SMARTS) is 1. The first-order chi connectivity index (χ1) is 14.4. The van der Waals surface area contributed by atoms with Gasteiger partial charge in [0.05, 0.1) is 11.3 Å². The predicted molar refractivity (Wildman–Crippen MR) is 109 cm³/mol. The van der Waals surface area contributed by atoms with E-state index in [4.69, 9.17) is 0 Å². The van der Waals surface area contributed by atoms with E-state index in [9.17, 15) is 23.9 Å². The van der Waals surface area contributed by atoms with E-state index in [2.05, 4.69) is 16.0 Å². The van der Waals surface area contributed by atoms with Crippen molar-refractivity contribution >= 4 is 23.7 Å². The Morgan fingerprint density at radius 3 is 2.77 bits per heavy atom. The smallest absolute Gasteiger partial charge is 0.407 e. The molecule has 10 heteroatoms. The molecule has 1 aromatic carbocycles. The Kier molecular flexibility index (Phi) is 6.55. The first-order valence-corrected chi connectivity index (χ1v) is 9.69. The van der Waals surface area contributed by atoms with E-state index in [0.29, 0.717) is 31.6 Å². The summed E-state index contributed by atoms with van der Waals surface area (Å²) in [6, 6.07) is 5.03. The van der Waals surface area contributed by atoms with Crippen LogP contribution in [0.3, 0.4) is 0 Å². The molecule has 1 atom stereocenters. The minimum atomic E-state index is -1.02. The number of halogens is 1. The largest absolute Gasteiger partial charge is 0.465 e. The lowest BCUT2D eigenvalue weighted by atomic mass is 10.1. The fraction of sp³-hybridized carbons (Fsp3) is 0.350. The highest BCUT2D eigenvalue weighted by atomic mass is 19.1. The molecule has 160 valence electrons. The number of aromatic nitrogens is 1. The third-order valence-electron chi connectivity index (χ3n) is 4.79. The molecule has 9 nitrogen and oxygen atoms in total. The third kappa shape index (κ3) is 5.07. The molecular weight excluding hydrogens is 393 g/mol. The molecule has 30 heavy (non-hydrogen) atoms. The second kappa shape index (κ2) is 9.29. The summed E-state index contributed by atoms with van der Waals surface area (Å²) in [5, 5.41) is 17.2. The van der Waals surface area contributed by atoms with Gasteiger partial charge in [-0.3, -0.25) is 4.79 Å². The summed E-state index contributed by atoms with van der Waals surface area (Å²) in [4.78, 5) is 37.4. The van der Waals surface area contributed by atoms with E-state index in [-0.39, 0.29) is 23.8 Å². The number of benzene rings is 1. The van der Waals surface area contributed by atoms with Gasteiger partial charge in [-0.2, -0.15) is 0 Å². The van der Waals surface area contributed by atoms with Crippen LogP contribution < -0.4 is 16.0 Å². The summed E-state index contributed by atoms with van der Waals surface area (Å²) in [6.07, 6.45) is 3.31. The molecule has 1 aromatic heterocycles. The molecule has 1 aliphatic heterocycles. The van der Waals surface area contributed by atoms with Gasteiger partial charge < -0.3 is 30.5 Å². The van der Waals surface area contributed by atoms with E-state index in [1.165, 1.54) is 29.4 Å². The lowest BCUT2D eigenvalue weighted by molar-refractivity contribution is 0.0889. The van der Waals surface area contributed by atoms with Crippen molar-refractivity contribution in [1.82, 2.24) is 20.1 Å². The number of nitrogens with zero attached hydrogens (tertiary/aromatic N) is 2. The Morgan fingerprint density at radius 1 is 1.27 bits per heavy atom. The van der Waals surface area contributed by atoms with E-state index in [1.807, 2.05) is 0 Å². The summed E-state index contributed by atoms with van der Waals surface area (Å²) >= 11 is 0. The fourth-order valence-corrected chi connectivity index (χ4v) is 3.38. The van der Waals surface area contributed by atoms with Crippen molar-refractivity contribution in [3.63, 3.8) is 0 Å². The van der Waals surface area contributed by atoms with Gasteiger partial charge in [0.15, 0.2) is 0 Å². The van der Waals surface area contributed by atoms with Crippen LogP contribution >= 0.6 is 0 Å². The van der Waals surface area contributed by atoms with Crippen molar-refractivity contribution in [2.45, 2.75) is 25.8 Å². The van der Waals surface area contributed by atoms with Crippen molar-refractivity contribution in [2.24, 2.45) is 0 Å². The molecule has 1 saturated heterocycles. The minimum absolute atomic E-state index is 0.193. The molecule has 1 unspecified atom stereocenters. The van der Waals surface area contributed by atoms with Crippen LogP contribution in [0.2, 0.25) is 0 Å².